The van der Waals surface area contributed by atoms with Crippen LogP contribution in [0.1, 0.15) is 12.8 Å². The molecule has 0 amide bonds. The summed E-state index contributed by atoms with van der Waals surface area (Å²) in [6.45, 7) is 1.16. The van der Waals surface area contributed by atoms with Gasteiger partial charge in [0.2, 0.25) is 0 Å². The number of anilines is 1. The number of rotatable bonds is 3. The number of hydrogen-bond acceptors (Lipinski definition) is 5. The Labute approximate surface area is 125 Å². The van der Waals surface area contributed by atoms with Crippen molar-refractivity contribution in [2.45, 2.75) is 12.8 Å². The number of piperidine rings is 1. The first-order valence-corrected chi connectivity index (χ1v) is 7.09. The van der Waals surface area contributed by atoms with Crippen molar-refractivity contribution in [3.05, 3.63) is 32.8 Å². The number of esters is 1. The van der Waals surface area contributed by atoms with Crippen molar-refractivity contribution in [1.29, 1.82) is 0 Å². The number of hydrogen-bond donors (Lipinski definition) is 0. The Balaban J connectivity index is 2.27. The van der Waals surface area contributed by atoms with Gasteiger partial charge in [-0.05, 0) is 25.0 Å². The summed E-state index contributed by atoms with van der Waals surface area (Å²) in [5.41, 5.74) is 0.594. The molecule has 7 heteroatoms. The van der Waals surface area contributed by atoms with E-state index in [0.717, 1.165) is 12.8 Å². The molecule has 0 spiro atoms. The molecule has 1 fully saturated rings. The zero-order valence-electron chi connectivity index (χ0n) is 11.0. The van der Waals surface area contributed by atoms with Gasteiger partial charge in [0.05, 0.1) is 18.0 Å². The van der Waals surface area contributed by atoms with Crippen LogP contribution in [0.2, 0.25) is 0 Å². The van der Waals surface area contributed by atoms with E-state index < -0.39 is 4.92 Å². The van der Waals surface area contributed by atoms with Crippen molar-refractivity contribution in [3.63, 3.8) is 0 Å². The highest BCUT2D eigenvalue weighted by Gasteiger charge is 2.29. The van der Waals surface area contributed by atoms with Crippen molar-refractivity contribution in [2.75, 3.05) is 25.1 Å². The maximum absolute atomic E-state index is 11.6. The number of benzene rings is 1. The molecular weight excluding hydrogens is 328 g/mol. The number of carbonyl (C=O) groups excluding carboxylic acids is 1. The lowest BCUT2D eigenvalue weighted by atomic mass is 9.97. The molecule has 1 saturated heterocycles. The van der Waals surface area contributed by atoms with Crippen LogP contribution in [-0.4, -0.2) is 31.1 Å². The monoisotopic (exact) mass is 342 g/mol. The molecule has 0 radical (unpaired) electrons. The molecule has 0 aromatic heterocycles. The number of methoxy groups -OCH3 is 1. The second-order valence-corrected chi connectivity index (χ2v) is 5.61. The summed E-state index contributed by atoms with van der Waals surface area (Å²) < 4.78 is 5.43. The summed E-state index contributed by atoms with van der Waals surface area (Å²) in [7, 11) is 1.36. The molecule has 20 heavy (non-hydrogen) atoms. The van der Waals surface area contributed by atoms with Crippen LogP contribution < -0.4 is 4.90 Å². The topological polar surface area (TPSA) is 72.7 Å². The first-order chi connectivity index (χ1) is 9.52. The average Bonchev–Trinajstić information content (AvgIpc) is 2.46. The van der Waals surface area contributed by atoms with E-state index >= 15 is 0 Å². The van der Waals surface area contributed by atoms with Gasteiger partial charge in [-0.3, -0.25) is 14.9 Å². The average molecular weight is 343 g/mol. The first kappa shape index (κ1) is 14.8. The quantitative estimate of drug-likeness (QED) is 0.479. The van der Waals surface area contributed by atoms with E-state index in [2.05, 4.69) is 15.9 Å². The highest BCUT2D eigenvalue weighted by atomic mass is 79.9. The van der Waals surface area contributed by atoms with Gasteiger partial charge in [0.25, 0.3) is 5.69 Å². The van der Waals surface area contributed by atoms with Crippen LogP contribution in [-0.2, 0) is 9.53 Å². The third-order valence-corrected chi connectivity index (χ3v) is 3.92. The third kappa shape index (κ3) is 3.09. The van der Waals surface area contributed by atoms with Crippen LogP contribution in [0, 0.1) is 16.0 Å². The van der Waals surface area contributed by atoms with E-state index in [4.69, 9.17) is 4.74 Å². The predicted octanol–water partition coefficient (Wildman–Crippen LogP) is 2.75. The van der Waals surface area contributed by atoms with Crippen LogP contribution >= 0.6 is 15.9 Å². The summed E-state index contributed by atoms with van der Waals surface area (Å²) in [6.07, 6.45) is 1.57. The van der Waals surface area contributed by atoms with E-state index in [1.165, 1.54) is 13.2 Å². The van der Waals surface area contributed by atoms with Gasteiger partial charge in [-0.1, -0.05) is 15.9 Å². The Bertz CT molecular complexity index is 535. The molecular formula is C13H15BrN2O4. The van der Waals surface area contributed by atoms with Gasteiger partial charge in [0, 0.05) is 23.6 Å². The number of ether oxygens (including phenoxy) is 1. The van der Waals surface area contributed by atoms with Crippen LogP contribution in [0.3, 0.4) is 0 Å². The van der Waals surface area contributed by atoms with Crippen molar-refractivity contribution >= 4 is 33.3 Å². The normalized spacial score (nSPS) is 18.7. The fourth-order valence-electron chi connectivity index (χ4n) is 2.47. The van der Waals surface area contributed by atoms with E-state index in [9.17, 15) is 14.9 Å². The molecule has 2 rings (SSSR count). The van der Waals surface area contributed by atoms with Crippen LogP contribution in [0.5, 0.6) is 0 Å². The van der Waals surface area contributed by atoms with Crippen LogP contribution in [0.15, 0.2) is 22.7 Å². The molecule has 1 aromatic carbocycles. The fraction of sp³-hybridized carbons (Fsp3) is 0.462. The van der Waals surface area contributed by atoms with Gasteiger partial charge in [0.1, 0.15) is 5.69 Å². The number of nitro groups is 1. The van der Waals surface area contributed by atoms with Crippen molar-refractivity contribution in [2.24, 2.45) is 5.92 Å². The molecule has 0 bridgehead atoms. The van der Waals surface area contributed by atoms with Gasteiger partial charge in [-0.2, -0.15) is 0 Å². The Kier molecular flexibility index (Phi) is 4.59. The lowest BCUT2D eigenvalue weighted by Crippen LogP contribution is -2.39. The number of halogens is 1. The number of nitro benzene ring substituents is 1. The lowest BCUT2D eigenvalue weighted by molar-refractivity contribution is -0.384. The summed E-state index contributed by atoms with van der Waals surface area (Å²) in [4.78, 5) is 24.3. The maximum Gasteiger partial charge on any atom is 0.310 e. The molecule has 1 aliphatic heterocycles. The van der Waals surface area contributed by atoms with Crippen molar-refractivity contribution in [3.8, 4) is 0 Å². The molecule has 0 aliphatic carbocycles. The van der Waals surface area contributed by atoms with E-state index in [1.54, 1.807) is 12.1 Å². The zero-order chi connectivity index (χ0) is 14.7. The number of nitrogens with zero attached hydrogens (tertiary/aromatic N) is 2. The zero-order valence-corrected chi connectivity index (χ0v) is 12.6. The molecule has 1 aromatic rings. The minimum atomic E-state index is -0.401. The SMILES string of the molecule is COC(=O)[C@H]1CCCN(c2ccc(Br)cc2[N+](=O)[O-])C1. The molecule has 0 saturated carbocycles. The van der Waals surface area contributed by atoms with Crippen molar-refractivity contribution < 1.29 is 14.5 Å². The van der Waals surface area contributed by atoms with Crippen LogP contribution in [0.4, 0.5) is 11.4 Å². The minimum Gasteiger partial charge on any atom is -0.469 e. The summed E-state index contributed by atoms with van der Waals surface area (Å²) in [5, 5.41) is 11.2. The molecule has 1 heterocycles. The van der Waals surface area contributed by atoms with Gasteiger partial charge in [-0.25, -0.2) is 0 Å². The van der Waals surface area contributed by atoms with Gasteiger partial charge >= 0.3 is 5.97 Å². The standard InChI is InChI=1S/C13H15BrN2O4/c1-20-13(17)9-3-2-6-15(8-9)11-5-4-10(14)7-12(11)16(18)19/h4-5,7,9H,2-3,6,8H2,1H3/t9-/m0/s1. The van der Waals surface area contributed by atoms with E-state index in [-0.39, 0.29) is 17.6 Å². The predicted molar refractivity (Wildman–Crippen MR) is 77.7 cm³/mol. The Morgan fingerprint density at radius 1 is 1.55 bits per heavy atom. The minimum absolute atomic E-state index is 0.0462. The highest BCUT2D eigenvalue weighted by molar-refractivity contribution is 9.10. The summed E-state index contributed by atoms with van der Waals surface area (Å²) in [5.74, 6) is -0.480. The Hall–Kier alpha value is -1.63. The van der Waals surface area contributed by atoms with E-state index in [0.29, 0.717) is 23.2 Å². The summed E-state index contributed by atoms with van der Waals surface area (Å²) in [6, 6.07) is 4.96. The smallest absolute Gasteiger partial charge is 0.310 e. The first-order valence-electron chi connectivity index (χ1n) is 6.29. The summed E-state index contributed by atoms with van der Waals surface area (Å²) >= 11 is 3.24. The van der Waals surface area contributed by atoms with Gasteiger partial charge < -0.3 is 9.64 Å². The molecule has 6 nitrogen and oxygen atoms in total. The molecule has 1 atom stereocenters. The Morgan fingerprint density at radius 2 is 2.30 bits per heavy atom. The second kappa shape index (κ2) is 6.21. The Morgan fingerprint density at radius 3 is 2.95 bits per heavy atom. The largest absolute Gasteiger partial charge is 0.469 e. The number of carbonyl (C=O) groups is 1. The van der Waals surface area contributed by atoms with Gasteiger partial charge in [0.15, 0.2) is 0 Å². The van der Waals surface area contributed by atoms with Gasteiger partial charge in [-0.15, -0.1) is 0 Å². The second-order valence-electron chi connectivity index (χ2n) is 4.70. The van der Waals surface area contributed by atoms with E-state index in [1.807, 2.05) is 4.90 Å². The molecule has 108 valence electrons. The molecule has 0 N–H and O–H groups in total. The maximum atomic E-state index is 11.6. The fourth-order valence-corrected chi connectivity index (χ4v) is 2.81. The highest BCUT2D eigenvalue weighted by Crippen LogP contribution is 2.33. The van der Waals surface area contributed by atoms with Crippen LogP contribution in [0.25, 0.3) is 0 Å². The van der Waals surface area contributed by atoms with Crippen molar-refractivity contribution in [1.82, 2.24) is 0 Å². The lowest BCUT2D eigenvalue weighted by Gasteiger charge is -2.32. The molecule has 1 aliphatic rings. The third-order valence-electron chi connectivity index (χ3n) is 3.43. The molecule has 0 unspecified atom stereocenters.